The normalized spacial score (nSPS) is 11.8. The van der Waals surface area contributed by atoms with Gasteiger partial charge in [0.25, 0.3) is 0 Å². The van der Waals surface area contributed by atoms with Crippen molar-refractivity contribution >= 4 is 10.0 Å². The molecule has 0 heterocycles. The van der Waals surface area contributed by atoms with Crippen LogP contribution < -0.4 is 9.46 Å². The summed E-state index contributed by atoms with van der Waals surface area (Å²) < 4.78 is 36.9. The molecule has 0 aliphatic carbocycles. The van der Waals surface area contributed by atoms with E-state index in [0.717, 1.165) is 0 Å². The number of hydrogen-bond donors (Lipinski definition) is 2. The summed E-state index contributed by atoms with van der Waals surface area (Å²) in [5.74, 6) is 0.453. The van der Waals surface area contributed by atoms with Gasteiger partial charge in [-0.1, -0.05) is 0 Å². The number of hydrogen-bond acceptors (Lipinski definition) is 5. The monoisotopic (exact) mass is 303 g/mol. The van der Waals surface area contributed by atoms with E-state index >= 15 is 0 Å². The summed E-state index contributed by atoms with van der Waals surface area (Å²) in [5, 5.41) is 9.20. The first-order valence-corrected chi connectivity index (χ1v) is 7.78. The minimum atomic E-state index is -3.61. The maximum Gasteiger partial charge on any atom is 0.240 e. The zero-order chi connectivity index (χ0) is 15.2. The van der Waals surface area contributed by atoms with E-state index < -0.39 is 10.0 Å². The average molecular weight is 303 g/mol. The Balaban J connectivity index is 2.77. The fourth-order valence-electron chi connectivity index (χ4n) is 1.60. The third kappa shape index (κ3) is 4.75. The maximum atomic E-state index is 12.1. The SMILES string of the molecule is COc1ccc(S(=O)(=O)NCCOC(C)C)cc1CO. The molecule has 0 spiro atoms. The first-order valence-electron chi connectivity index (χ1n) is 6.29. The second-order valence-corrected chi connectivity index (χ2v) is 6.22. The van der Waals surface area contributed by atoms with Crippen molar-refractivity contribution in [2.45, 2.75) is 31.5 Å². The van der Waals surface area contributed by atoms with Crippen LogP contribution in [0.1, 0.15) is 19.4 Å². The van der Waals surface area contributed by atoms with E-state index in [9.17, 15) is 13.5 Å². The van der Waals surface area contributed by atoms with E-state index in [1.807, 2.05) is 13.8 Å². The smallest absolute Gasteiger partial charge is 0.240 e. The van der Waals surface area contributed by atoms with Gasteiger partial charge in [-0.15, -0.1) is 0 Å². The van der Waals surface area contributed by atoms with Gasteiger partial charge < -0.3 is 14.6 Å². The molecule has 0 amide bonds. The standard InChI is InChI=1S/C13H21NO5S/c1-10(2)19-7-6-14-20(16,17)12-4-5-13(18-3)11(8-12)9-15/h4-5,8,10,14-15H,6-7,9H2,1-3H3. The molecule has 6 nitrogen and oxygen atoms in total. The Hall–Kier alpha value is -1.15. The number of ether oxygens (including phenoxy) is 2. The first-order chi connectivity index (χ1) is 9.40. The Morgan fingerprint density at radius 1 is 1.35 bits per heavy atom. The minimum Gasteiger partial charge on any atom is -0.496 e. The lowest BCUT2D eigenvalue weighted by atomic mass is 10.2. The summed E-state index contributed by atoms with van der Waals surface area (Å²) in [4.78, 5) is 0.0897. The topological polar surface area (TPSA) is 84.9 Å². The van der Waals surface area contributed by atoms with Crippen LogP contribution >= 0.6 is 0 Å². The molecule has 1 aromatic rings. The third-order valence-electron chi connectivity index (χ3n) is 2.58. The van der Waals surface area contributed by atoms with Crippen LogP contribution in [0.5, 0.6) is 5.75 Å². The fourth-order valence-corrected chi connectivity index (χ4v) is 2.66. The van der Waals surface area contributed by atoms with Crippen LogP contribution in [0.2, 0.25) is 0 Å². The van der Waals surface area contributed by atoms with Crippen molar-refractivity contribution in [3.63, 3.8) is 0 Å². The molecule has 0 radical (unpaired) electrons. The van der Waals surface area contributed by atoms with E-state index in [4.69, 9.17) is 9.47 Å². The van der Waals surface area contributed by atoms with E-state index in [-0.39, 0.29) is 24.2 Å². The number of benzene rings is 1. The van der Waals surface area contributed by atoms with Crippen molar-refractivity contribution in [3.8, 4) is 5.75 Å². The lowest BCUT2D eigenvalue weighted by molar-refractivity contribution is 0.0834. The molecule has 0 aliphatic rings. The molecule has 0 aromatic heterocycles. The van der Waals surface area contributed by atoms with E-state index in [1.165, 1.54) is 25.3 Å². The Labute approximate surface area is 119 Å². The number of aliphatic hydroxyl groups is 1. The van der Waals surface area contributed by atoms with Crippen LogP contribution in [0.4, 0.5) is 0 Å². The zero-order valence-corrected chi connectivity index (χ0v) is 12.7. The predicted octanol–water partition coefficient (Wildman–Crippen LogP) is 0.891. The molecule has 20 heavy (non-hydrogen) atoms. The molecule has 1 rings (SSSR count). The molecule has 0 aliphatic heterocycles. The van der Waals surface area contributed by atoms with Crippen LogP contribution in [-0.4, -0.2) is 39.9 Å². The molecule has 0 saturated carbocycles. The van der Waals surface area contributed by atoms with Gasteiger partial charge >= 0.3 is 0 Å². The van der Waals surface area contributed by atoms with Crippen LogP contribution in [0, 0.1) is 0 Å². The number of sulfonamides is 1. The number of nitrogens with one attached hydrogen (secondary N) is 1. The highest BCUT2D eigenvalue weighted by atomic mass is 32.2. The second-order valence-electron chi connectivity index (χ2n) is 4.45. The van der Waals surface area contributed by atoms with Crippen LogP contribution in [0.15, 0.2) is 23.1 Å². The predicted molar refractivity (Wildman–Crippen MR) is 75.2 cm³/mol. The Morgan fingerprint density at radius 2 is 2.05 bits per heavy atom. The van der Waals surface area contributed by atoms with Crippen molar-refractivity contribution in [3.05, 3.63) is 23.8 Å². The molecular formula is C13H21NO5S. The van der Waals surface area contributed by atoms with Crippen molar-refractivity contribution in [2.24, 2.45) is 0 Å². The van der Waals surface area contributed by atoms with E-state index in [0.29, 0.717) is 17.9 Å². The molecule has 0 bridgehead atoms. The first kappa shape index (κ1) is 16.9. The lowest BCUT2D eigenvalue weighted by Gasteiger charge is -2.11. The molecule has 0 fully saturated rings. The van der Waals surface area contributed by atoms with Gasteiger partial charge in [-0.3, -0.25) is 0 Å². The highest BCUT2D eigenvalue weighted by Gasteiger charge is 2.15. The molecule has 114 valence electrons. The van der Waals surface area contributed by atoms with Crippen LogP contribution in [0.25, 0.3) is 0 Å². The van der Waals surface area contributed by atoms with Gasteiger partial charge in [-0.05, 0) is 32.0 Å². The fraction of sp³-hybridized carbons (Fsp3) is 0.538. The molecular weight excluding hydrogens is 282 g/mol. The van der Waals surface area contributed by atoms with Crippen molar-refractivity contribution in [1.29, 1.82) is 0 Å². The average Bonchev–Trinajstić information content (AvgIpc) is 2.42. The highest BCUT2D eigenvalue weighted by Crippen LogP contribution is 2.22. The number of rotatable bonds is 8. The Kier molecular flexibility index (Phi) is 6.41. The second kappa shape index (κ2) is 7.58. The summed E-state index contributed by atoms with van der Waals surface area (Å²) in [6.45, 7) is 3.97. The van der Waals surface area contributed by atoms with Gasteiger partial charge in [0.2, 0.25) is 10.0 Å². The summed E-state index contributed by atoms with van der Waals surface area (Å²) in [5.41, 5.74) is 0.425. The third-order valence-corrected chi connectivity index (χ3v) is 4.04. The van der Waals surface area contributed by atoms with Gasteiger partial charge in [0.15, 0.2) is 0 Å². The highest BCUT2D eigenvalue weighted by molar-refractivity contribution is 7.89. The molecule has 0 unspecified atom stereocenters. The van der Waals surface area contributed by atoms with Gasteiger partial charge in [-0.25, -0.2) is 13.1 Å². The molecule has 0 saturated heterocycles. The summed E-state index contributed by atoms with van der Waals surface area (Å²) in [6.07, 6.45) is 0.0569. The molecule has 7 heteroatoms. The van der Waals surface area contributed by atoms with Crippen molar-refractivity contribution in [2.75, 3.05) is 20.3 Å². The van der Waals surface area contributed by atoms with Crippen molar-refractivity contribution < 1.29 is 23.0 Å². The quantitative estimate of drug-likeness (QED) is 0.697. The van der Waals surface area contributed by atoms with Gasteiger partial charge in [0.05, 0.1) is 31.3 Å². The number of aliphatic hydroxyl groups excluding tert-OH is 1. The molecule has 2 N–H and O–H groups in total. The zero-order valence-electron chi connectivity index (χ0n) is 11.9. The van der Waals surface area contributed by atoms with Gasteiger partial charge in [0, 0.05) is 12.1 Å². The van der Waals surface area contributed by atoms with Crippen molar-refractivity contribution in [1.82, 2.24) is 4.72 Å². The summed E-state index contributed by atoms with van der Waals surface area (Å²) >= 11 is 0. The molecule has 1 aromatic carbocycles. The van der Waals surface area contributed by atoms with E-state index in [1.54, 1.807) is 0 Å². The summed E-state index contributed by atoms with van der Waals surface area (Å²) in [6, 6.07) is 4.35. The maximum absolute atomic E-state index is 12.1. The van der Waals surface area contributed by atoms with Crippen LogP contribution in [0.3, 0.4) is 0 Å². The van der Waals surface area contributed by atoms with Gasteiger partial charge in [0.1, 0.15) is 5.75 Å². The number of methoxy groups -OCH3 is 1. The molecule has 0 atom stereocenters. The minimum absolute atomic E-state index is 0.0569. The Morgan fingerprint density at radius 3 is 2.60 bits per heavy atom. The summed E-state index contributed by atoms with van der Waals surface area (Å²) in [7, 11) is -2.15. The lowest BCUT2D eigenvalue weighted by Crippen LogP contribution is -2.28. The largest absolute Gasteiger partial charge is 0.496 e. The van der Waals surface area contributed by atoms with Crippen LogP contribution in [-0.2, 0) is 21.4 Å². The van der Waals surface area contributed by atoms with Gasteiger partial charge in [-0.2, -0.15) is 0 Å². The van der Waals surface area contributed by atoms with E-state index in [2.05, 4.69) is 4.72 Å². The Bertz CT molecular complexity index is 528.